The topological polar surface area (TPSA) is 23.2 Å². The van der Waals surface area contributed by atoms with Crippen LogP contribution in [0, 0.1) is 5.92 Å². The van der Waals surface area contributed by atoms with Gasteiger partial charge in [0.15, 0.2) is 6.54 Å². The van der Waals surface area contributed by atoms with Crippen LogP contribution in [0.2, 0.25) is 0 Å². The third-order valence-corrected chi connectivity index (χ3v) is 2.73. The minimum absolute atomic E-state index is 0.735. The van der Waals surface area contributed by atoms with Gasteiger partial charge in [-0.1, -0.05) is 6.42 Å². The molecule has 1 unspecified atom stereocenters. The van der Waals surface area contributed by atoms with Crippen LogP contribution >= 0.6 is 0 Å². The molecule has 10 heavy (non-hydrogen) atoms. The van der Waals surface area contributed by atoms with Crippen molar-refractivity contribution in [3.05, 3.63) is 0 Å². The van der Waals surface area contributed by atoms with E-state index in [9.17, 15) is 5.21 Å². The predicted molar refractivity (Wildman–Crippen MR) is 38.5 cm³/mol. The van der Waals surface area contributed by atoms with Crippen LogP contribution < -0.4 is 0 Å². The van der Waals surface area contributed by atoms with Crippen LogP contribution in [0.5, 0.6) is 0 Å². The molecule has 1 aliphatic heterocycles. The van der Waals surface area contributed by atoms with Gasteiger partial charge in [-0.3, -0.25) is 5.21 Å². The predicted octanol–water partition coefficient (Wildman–Crippen LogP) is 1.42. The first kappa shape index (κ1) is 6.20. The minimum Gasteiger partial charge on any atom is -0.291 e. The van der Waals surface area contributed by atoms with Gasteiger partial charge in [0, 0.05) is 18.8 Å². The molecular formula is C8H14NO+. The van der Waals surface area contributed by atoms with Gasteiger partial charge < -0.3 is 0 Å². The zero-order chi connectivity index (χ0) is 6.97. The van der Waals surface area contributed by atoms with Gasteiger partial charge in [-0.2, -0.15) is 0 Å². The van der Waals surface area contributed by atoms with Crippen molar-refractivity contribution in [2.75, 3.05) is 6.54 Å². The van der Waals surface area contributed by atoms with E-state index in [4.69, 9.17) is 0 Å². The van der Waals surface area contributed by atoms with E-state index in [1.807, 2.05) is 0 Å². The van der Waals surface area contributed by atoms with Crippen molar-refractivity contribution in [1.29, 1.82) is 0 Å². The van der Waals surface area contributed by atoms with Crippen LogP contribution in [0.3, 0.4) is 0 Å². The molecule has 2 nitrogen and oxygen atoms in total. The Balaban J connectivity index is 2.18. The fraction of sp³-hybridized carbons (Fsp3) is 0.875. The molecule has 0 saturated heterocycles. The number of fused-ring (bicyclic) bond motifs is 1. The Bertz CT molecular complexity index is 174. The second-order valence-electron chi connectivity index (χ2n) is 3.35. The van der Waals surface area contributed by atoms with E-state index >= 15 is 0 Å². The molecule has 0 aromatic heterocycles. The van der Waals surface area contributed by atoms with Gasteiger partial charge in [-0.25, -0.2) is 0 Å². The molecule has 56 valence electrons. The highest BCUT2D eigenvalue weighted by Crippen LogP contribution is 2.27. The summed E-state index contributed by atoms with van der Waals surface area (Å²) < 4.78 is 1.48. The third kappa shape index (κ3) is 0.825. The molecule has 0 aromatic rings. The summed E-state index contributed by atoms with van der Waals surface area (Å²) in [5, 5.41) is 9.32. The molecule has 0 radical (unpaired) electrons. The molecule has 1 heterocycles. The van der Waals surface area contributed by atoms with Crippen LogP contribution in [0.15, 0.2) is 0 Å². The smallest absolute Gasteiger partial charge is 0.207 e. The van der Waals surface area contributed by atoms with Crippen molar-refractivity contribution in [3.63, 3.8) is 0 Å². The summed E-state index contributed by atoms with van der Waals surface area (Å²) in [6.07, 6.45) is 6.28. The van der Waals surface area contributed by atoms with Crippen molar-refractivity contribution in [1.82, 2.24) is 0 Å². The first-order chi connectivity index (χ1) is 4.88. The Morgan fingerprint density at radius 3 is 3.00 bits per heavy atom. The van der Waals surface area contributed by atoms with Crippen molar-refractivity contribution in [3.8, 4) is 0 Å². The lowest BCUT2D eigenvalue weighted by molar-refractivity contribution is -0.770. The number of nitrogens with zero attached hydrogens (tertiary/aromatic N) is 1. The molecule has 0 spiro atoms. The van der Waals surface area contributed by atoms with E-state index in [0.29, 0.717) is 0 Å². The molecule has 1 fully saturated rings. The monoisotopic (exact) mass is 140 g/mol. The van der Waals surface area contributed by atoms with Crippen LogP contribution in [-0.4, -0.2) is 22.2 Å². The molecule has 1 saturated carbocycles. The number of rotatable bonds is 0. The molecule has 1 atom stereocenters. The number of hydroxylamine groups is 1. The lowest BCUT2D eigenvalue weighted by Gasteiger charge is -2.12. The molecule has 2 rings (SSSR count). The molecule has 0 aromatic carbocycles. The summed E-state index contributed by atoms with van der Waals surface area (Å²) in [6, 6.07) is 0. The van der Waals surface area contributed by atoms with Gasteiger partial charge in [0.05, 0.1) is 0 Å². The Labute approximate surface area is 61.1 Å². The van der Waals surface area contributed by atoms with E-state index in [1.54, 1.807) is 0 Å². The quantitative estimate of drug-likeness (QED) is 0.399. The van der Waals surface area contributed by atoms with Crippen molar-refractivity contribution in [2.24, 2.45) is 5.92 Å². The van der Waals surface area contributed by atoms with Crippen molar-refractivity contribution >= 4 is 5.71 Å². The molecule has 0 bridgehead atoms. The number of hydrogen-bond acceptors (Lipinski definition) is 1. The normalized spacial score (nSPS) is 32.6. The molecule has 1 N–H and O–H groups in total. The summed E-state index contributed by atoms with van der Waals surface area (Å²) in [5.74, 6) is 0.735. The highest BCUT2D eigenvalue weighted by molar-refractivity contribution is 5.83. The fourth-order valence-electron chi connectivity index (χ4n) is 2.14. The Morgan fingerprint density at radius 1 is 1.30 bits per heavy atom. The van der Waals surface area contributed by atoms with Gasteiger partial charge in [-0.15, -0.1) is 0 Å². The zero-order valence-corrected chi connectivity index (χ0v) is 6.21. The van der Waals surface area contributed by atoms with Gasteiger partial charge in [0.1, 0.15) is 0 Å². The largest absolute Gasteiger partial charge is 0.291 e. The van der Waals surface area contributed by atoms with E-state index in [0.717, 1.165) is 18.9 Å². The lowest BCUT2D eigenvalue weighted by Crippen LogP contribution is -2.19. The summed E-state index contributed by atoms with van der Waals surface area (Å²) in [4.78, 5) is 0. The van der Waals surface area contributed by atoms with Gasteiger partial charge in [0.2, 0.25) is 5.71 Å². The average molecular weight is 140 g/mol. The third-order valence-electron chi connectivity index (χ3n) is 2.73. The standard InChI is InChI=1S/C8H14NO/c10-9-6-5-7-3-1-2-4-8(7)9/h7,10H,1-6H2/q+1. The fourth-order valence-corrected chi connectivity index (χ4v) is 2.14. The molecule has 0 amide bonds. The Kier molecular flexibility index (Phi) is 1.40. The first-order valence-electron chi connectivity index (χ1n) is 4.20. The molecule has 2 heteroatoms. The van der Waals surface area contributed by atoms with Crippen LogP contribution in [0.25, 0.3) is 0 Å². The van der Waals surface area contributed by atoms with Gasteiger partial charge >= 0.3 is 0 Å². The van der Waals surface area contributed by atoms with E-state index in [-0.39, 0.29) is 0 Å². The summed E-state index contributed by atoms with van der Waals surface area (Å²) >= 11 is 0. The maximum atomic E-state index is 9.32. The first-order valence-corrected chi connectivity index (χ1v) is 4.20. The highest BCUT2D eigenvalue weighted by atomic mass is 16.5. The van der Waals surface area contributed by atoms with Crippen molar-refractivity contribution < 1.29 is 9.95 Å². The molecular weight excluding hydrogens is 126 g/mol. The van der Waals surface area contributed by atoms with Gasteiger partial charge in [0.25, 0.3) is 0 Å². The van der Waals surface area contributed by atoms with Crippen LogP contribution in [-0.2, 0) is 0 Å². The maximum Gasteiger partial charge on any atom is 0.207 e. The zero-order valence-electron chi connectivity index (χ0n) is 6.21. The van der Waals surface area contributed by atoms with Crippen LogP contribution in [0.4, 0.5) is 0 Å². The molecule has 1 aliphatic carbocycles. The number of hydrogen-bond donors (Lipinski definition) is 1. The second-order valence-corrected chi connectivity index (χ2v) is 3.35. The minimum atomic E-state index is 0.735. The Morgan fingerprint density at radius 2 is 2.20 bits per heavy atom. The van der Waals surface area contributed by atoms with E-state index in [1.165, 1.54) is 36.1 Å². The van der Waals surface area contributed by atoms with Crippen LogP contribution in [0.1, 0.15) is 32.1 Å². The maximum absolute atomic E-state index is 9.32. The summed E-state index contributed by atoms with van der Waals surface area (Å²) in [7, 11) is 0. The lowest BCUT2D eigenvalue weighted by atomic mass is 9.87. The van der Waals surface area contributed by atoms with Crippen molar-refractivity contribution in [2.45, 2.75) is 32.1 Å². The summed E-state index contributed by atoms with van der Waals surface area (Å²) in [5.41, 5.74) is 1.31. The SMILES string of the molecule is O[N+]1=C2CCCCC2CC1. The van der Waals surface area contributed by atoms with E-state index < -0.39 is 0 Å². The average Bonchev–Trinajstić information content (AvgIpc) is 2.34. The Hall–Kier alpha value is -0.530. The highest BCUT2D eigenvalue weighted by Gasteiger charge is 2.35. The van der Waals surface area contributed by atoms with E-state index in [2.05, 4.69) is 0 Å². The molecule has 2 aliphatic rings. The van der Waals surface area contributed by atoms with Gasteiger partial charge in [-0.05, 0) is 17.6 Å². The summed E-state index contributed by atoms with van der Waals surface area (Å²) in [6.45, 7) is 0.875. The second kappa shape index (κ2) is 2.26.